The fourth-order valence-corrected chi connectivity index (χ4v) is 3.03. The first kappa shape index (κ1) is 15.6. The Morgan fingerprint density at radius 3 is 1.94 bits per heavy atom. The lowest BCUT2D eigenvalue weighted by atomic mass is 9.77. The summed E-state index contributed by atoms with van der Waals surface area (Å²) in [4.78, 5) is 5.02. The Morgan fingerprint density at radius 1 is 1.00 bits per heavy atom. The van der Waals surface area contributed by atoms with E-state index >= 15 is 0 Å². The number of allylic oxidation sites excluding steroid dienone is 1. The van der Waals surface area contributed by atoms with Crippen molar-refractivity contribution < 1.29 is 0 Å². The maximum absolute atomic E-state index is 2.57. The molecule has 1 heterocycles. The van der Waals surface area contributed by atoms with Crippen molar-refractivity contribution in [2.24, 2.45) is 10.8 Å². The van der Waals surface area contributed by atoms with Crippen LogP contribution in [0.15, 0.2) is 11.3 Å². The van der Waals surface area contributed by atoms with E-state index in [1.165, 1.54) is 13.0 Å². The van der Waals surface area contributed by atoms with Gasteiger partial charge in [0.2, 0.25) is 0 Å². The van der Waals surface area contributed by atoms with Gasteiger partial charge >= 0.3 is 0 Å². The van der Waals surface area contributed by atoms with Crippen molar-refractivity contribution >= 4 is 0 Å². The molecule has 0 spiro atoms. The monoisotopic (exact) mass is 252 g/mol. The molecular formula is C16H32N2. The van der Waals surface area contributed by atoms with E-state index < -0.39 is 0 Å². The van der Waals surface area contributed by atoms with Gasteiger partial charge in [-0.1, -0.05) is 48.5 Å². The summed E-state index contributed by atoms with van der Waals surface area (Å²) in [5.74, 6) is 0. The largest absolute Gasteiger partial charge is 0.364 e. The minimum absolute atomic E-state index is 0.232. The molecule has 0 aromatic rings. The first-order chi connectivity index (χ1) is 8.07. The van der Waals surface area contributed by atoms with Crippen molar-refractivity contribution in [3.05, 3.63) is 11.3 Å². The van der Waals surface area contributed by atoms with Gasteiger partial charge in [0.05, 0.1) is 6.67 Å². The highest BCUT2D eigenvalue weighted by molar-refractivity contribution is 5.27. The zero-order valence-corrected chi connectivity index (χ0v) is 13.7. The van der Waals surface area contributed by atoms with E-state index in [0.29, 0.717) is 0 Å². The highest BCUT2D eigenvalue weighted by Gasteiger charge is 2.34. The predicted molar refractivity (Wildman–Crippen MR) is 80.4 cm³/mol. The fraction of sp³-hybridized carbons (Fsp3) is 0.875. The second kappa shape index (κ2) is 5.24. The molecule has 0 bridgehead atoms. The Kier molecular flexibility index (Phi) is 4.53. The van der Waals surface area contributed by atoms with Crippen LogP contribution in [0.4, 0.5) is 0 Å². The SMILES string of the molecule is CCCN1CC(C(C)(C)C)=C(C(C)(C)C)N(C)C1. The van der Waals surface area contributed by atoms with E-state index in [4.69, 9.17) is 0 Å². The molecule has 2 heteroatoms. The zero-order chi connectivity index (χ0) is 14.1. The standard InChI is InChI=1S/C16H32N2/c1-9-10-18-11-13(15(2,3)4)14(16(5,6)7)17(8)12-18/h9-12H2,1-8H3. The molecule has 0 N–H and O–H groups in total. The van der Waals surface area contributed by atoms with Crippen LogP contribution >= 0.6 is 0 Å². The lowest BCUT2D eigenvalue weighted by molar-refractivity contribution is 0.129. The third kappa shape index (κ3) is 3.50. The summed E-state index contributed by atoms with van der Waals surface area (Å²) < 4.78 is 0. The van der Waals surface area contributed by atoms with Gasteiger partial charge in [-0.15, -0.1) is 0 Å². The zero-order valence-electron chi connectivity index (χ0n) is 13.7. The Hall–Kier alpha value is -0.500. The van der Waals surface area contributed by atoms with Crippen LogP contribution in [0.5, 0.6) is 0 Å². The molecule has 0 aromatic heterocycles. The molecule has 0 saturated heterocycles. The van der Waals surface area contributed by atoms with Gasteiger partial charge < -0.3 is 4.90 Å². The average molecular weight is 252 g/mol. The molecule has 0 atom stereocenters. The Morgan fingerprint density at radius 2 is 1.56 bits per heavy atom. The van der Waals surface area contributed by atoms with Crippen molar-refractivity contribution in [3.8, 4) is 0 Å². The molecule has 0 radical (unpaired) electrons. The summed E-state index contributed by atoms with van der Waals surface area (Å²) in [7, 11) is 2.24. The van der Waals surface area contributed by atoms with E-state index in [0.717, 1.165) is 13.2 Å². The van der Waals surface area contributed by atoms with Crippen molar-refractivity contribution in [2.45, 2.75) is 54.9 Å². The smallest absolute Gasteiger partial charge is 0.0703 e. The predicted octanol–water partition coefficient (Wildman–Crippen LogP) is 3.95. The highest BCUT2D eigenvalue weighted by Crippen LogP contribution is 2.40. The molecule has 0 aliphatic carbocycles. The molecule has 0 unspecified atom stereocenters. The molecule has 2 nitrogen and oxygen atoms in total. The van der Waals surface area contributed by atoms with Gasteiger partial charge in [-0.05, 0) is 24.0 Å². The lowest BCUT2D eigenvalue weighted by Gasteiger charge is -2.46. The second-order valence-electron chi connectivity index (χ2n) is 7.72. The van der Waals surface area contributed by atoms with E-state index in [9.17, 15) is 0 Å². The Balaban J connectivity index is 3.18. The summed E-state index contributed by atoms with van der Waals surface area (Å²) in [5.41, 5.74) is 3.64. The molecule has 0 fully saturated rings. The Bertz CT molecular complexity index is 315. The fourth-order valence-electron chi connectivity index (χ4n) is 3.03. The van der Waals surface area contributed by atoms with E-state index in [2.05, 4.69) is 65.3 Å². The molecule has 1 aliphatic heterocycles. The van der Waals surface area contributed by atoms with Gasteiger partial charge in [-0.25, -0.2) is 0 Å². The Labute approximate surface area is 114 Å². The van der Waals surface area contributed by atoms with Gasteiger partial charge in [0.25, 0.3) is 0 Å². The molecule has 0 amide bonds. The van der Waals surface area contributed by atoms with Gasteiger partial charge in [0.1, 0.15) is 0 Å². The number of rotatable bonds is 2. The summed E-state index contributed by atoms with van der Waals surface area (Å²) >= 11 is 0. The summed E-state index contributed by atoms with van der Waals surface area (Å²) in [5, 5.41) is 0. The van der Waals surface area contributed by atoms with E-state index in [-0.39, 0.29) is 10.8 Å². The number of nitrogens with zero attached hydrogens (tertiary/aromatic N) is 2. The normalized spacial score (nSPS) is 19.7. The topological polar surface area (TPSA) is 6.48 Å². The van der Waals surface area contributed by atoms with Gasteiger partial charge in [0.15, 0.2) is 0 Å². The van der Waals surface area contributed by atoms with Crippen LogP contribution < -0.4 is 0 Å². The van der Waals surface area contributed by atoms with E-state index in [1.54, 1.807) is 11.3 Å². The molecule has 1 aliphatic rings. The van der Waals surface area contributed by atoms with Crippen molar-refractivity contribution in [1.82, 2.24) is 9.80 Å². The first-order valence-corrected chi connectivity index (χ1v) is 7.25. The third-order valence-corrected chi connectivity index (χ3v) is 3.62. The van der Waals surface area contributed by atoms with Gasteiger partial charge in [-0.2, -0.15) is 0 Å². The maximum Gasteiger partial charge on any atom is 0.0703 e. The van der Waals surface area contributed by atoms with Crippen LogP contribution in [-0.4, -0.2) is 36.6 Å². The van der Waals surface area contributed by atoms with Crippen molar-refractivity contribution in [2.75, 3.05) is 26.8 Å². The highest BCUT2D eigenvalue weighted by atomic mass is 15.3. The third-order valence-electron chi connectivity index (χ3n) is 3.62. The molecule has 18 heavy (non-hydrogen) atoms. The summed E-state index contributed by atoms with van der Waals surface area (Å²) in [6, 6.07) is 0. The molecular weight excluding hydrogens is 220 g/mol. The first-order valence-electron chi connectivity index (χ1n) is 7.25. The lowest BCUT2D eigenvalue weighted by Crippen LogP contribution is -2.47. The molecule has 0 aromatic carbocycles. The second-order valence-corrected chi connectivity index (χ2v) is 7.72. The molecule has 106 valence electrons. The molecule has 0 saturated carbocycles. The minimum Gasteiger partial charge on any atom is -0.364 e. The van der Waals surface area contributed by atoms with Gasteiger partial charge in [-0.3, -0.25) is 4.90 Å². The van der Waals surface area contributed by atoms with Crippen molar-refractivity contribution in [1.29, 1.82) is 0 Å². The van der Waals surface area contributed by atoms with Crippen LogP contribution in [0.3, 0.4) is 0 Å². The van der Waals surface area contributed by atoms with E-state index in [1.807, 2.05) is 0 Å². The van der Waals surface area contributed by atoms with Crippen LogP contribution in [0.25, 0.3) is 0 Å². The van der Waals surface area contributed by atoms with Gasteiger partial charge in [0, 0.05) is 24.7 Å². The number of hydrogen-bond donors (Lipinski definition) is 0. The van der Waals surface area contributed by atoms with Crippen LogP contribution in [0, 0.1) is 10.8 Å². The number of hydrogen-bond acceptors (Lipinski definition) is 2. The van der Waals surface area contributed by atoms with Crippen molar-refractivity contribution in [3.63, 3.8) is 0 Å². The summed E-state index contributed by atoms with van der Waals surface area (Å²) in [6.07, 6.45) is 1.23. The van der Waals surface area contributed by atoms with Crippen LogP contribution in [0.1, 0.15) is 54.9 Å². The maximum atomic E-state index is 2.57. The quantitative estimate of drug-likeness (QED) is 0.734. The minimum atomic E-state index is 0.232. The molecule has 1 rings (SSSR count). The summed E-state index contributed by atoms with van der Waals surface area (Å²) in [6.45, 7) is 19.7. The van der Waals surface area contributed by atoms with Crippen LogP contribution in [0.2, 0.25) is 0 Å². The van der Waals surface area contributed by atoms with Crippen LogP contribution in [-0.2, 0) is 0 Å². The average Bonchev–Trinajstić information content (AvgIpc) is 2.13.